The van der Waals surface area contributed by atoms with Crippen LogP contribution in [-0.2, 0) is 0 Å². The summed E-state index contributed by atoms with van der Waals surface area (Å²) in [6.45, 7) is 2.91. The molecule has 1 aromatic heterocycles. The molecule has 20 heavy (non-hydrogen) atoms. The molecule has 5 heteroatoms. The van der Waals surface area contributed by atoms with E-state index in [1.54, 1.807) is 31.2 Å². The highest BCUT2D eigenvalue weighted by Crippen LogP contribution is 2.23. The van der Waals surface area contributed by atoms with E-state index in [1.165, 1.54) is 13.0 Å². The SMILES string of the molecule is CC(=O)c1c(Nc2ccccc2C#N)oc(C)cc1=O. The van der Waals surface area contributed by atoms with Crippen LogP contribution in [-0.4, -0.2) is 5.78 Å². The lowest BCUT2D eigenvalue weighted by molar-refractivity contribution is 0.101. The molecule has 0 radical (unpaired) electrons. The molecule has 0 aliphatic rings. The van der Waals surface area contributed by atoms with Gasteiger partial charge in [0.2, 0.25) is 5.88 Å². The van der Waals surface area contributed by atoms with Gasteiger partial charge < -0.3 is 9.73 Å². The molecular weight excluding hydrogens is 256 g/mol. The number of anilines is 2. The Morgan fingerprint density at radius 3 is 2.70 bits per heavy atom. The van der Waals surface area contributed by atoms with Crippen molar-refractivity contribution in [2.24, 2.45) is 0 Å². The number of para-hydroxylation sites is 1. The van der Waals surface area contributed by atoms with Gasteiger partial charge in [0.15, 0.2) is 11.2 Å². The third-order valence-corrected chi connectivity index (χ3v) is 2.72. The lowest BCUT2D eigenvalue weighted by Crippen LogP contribution is -2.15. The molecule has 100 valence electrons. The Balaban J connectivity index is 2.57. The number of nitriles is 1. The van der Waals surface area contributed by atoms with E-state index in [2.05, 4.69) is 5.32 Å². The van der Waals surface area contributed by atoms with Gasteiger partial charge in [-0.05, 0) is 26.0 Å². The number of nitrogens with one attached hydrogen (secondary N) is 1. The molecule has 1 heterocycles. The zero-order chi connectivity index (χ0) is 14.7. The average molecular weight is 268 g/mol. The molecular formula is C15H12N2O3. The van der Waals surface area contributed by atoms with Crippen LogP contribution in [0.2, 0.25) is 0 Å². The van der Waals surface area contributed by atoms with Gasteiger partial charge in [-0.15, -0.1) is 0 Å². The lowest BCUT2D eigenvalue weighted by Gasteiger charge is -2.10. The number of nitrogens with zero attached hydrogens (tertiary/aromatic N) is 1. The first-order valence-electron chi connectivity index (χ1n) is 5.94. The molecule has 2 rings (SSSR count). The van der Waals surface area contributed by atoms with Gasteiger partial charge in [-0.1, -0.05) is 12.1 Å². The summed E-state index contributed by atoms with van der Waals surface area (Å²) in [6.07, 6.45) is 0. The van der Waals surface area contributed by atoms with Crippen molar-refractivity contribution in [2.75, 3.05) is 5.32 Å². The first-order chi connectivity index (χ1) is 9.52. The maximum absolute atomic E-state index is 11.9. The quantitative estimate of drug-likeness (QED) is 0.865. The molecule has 1 aromatic carbocycles. The third kappa shape index (κ3) is 2.59. The first-order valence-corrected chi connectivity index (χ1v) is 5.94. The van der Waals surface area contributed by atoms with Gasteiger partial charge >= 0.3 is 0 Å². The highest BCUT2D eigenvalue weighted by Gasteiger charge is 2.16. The number of carbonyl (C=O) groups excluding carboxylic acids is 1. The van der Waals surface area contributed by atoms with Crippen LogP contribution in [0.25, 0.3) is 0 Å². The van der Waals surface area contributed by atoms with Crippen LogP contribution in [0.5, 0.6) is 0 Å². The number of carbonyl (C=O) groups is 1. The Hall–Kier alpha value is -2.87. The minimum Gasteiger partial charge on any atom is -0.445 e. The van der Waals surface area contributed by atoms with Gasteiger partial charge in [0.05, 0.1) is 11.3 Å². The van der Waals surface area contributed by atoms with Crippen LogP contribution in [0, 0.1) is 18.3 Å². The summed E-state index contributed by atoms with van der Waals surface area (Å²) in [4.78, 5) is 23.4. The van der Waals surface area contributed by atoms with E-state index in [9.17, 15) is 9.59 Å². The van der Waals surface area contributed by atoms with Crippen LogP contribution >= 0.6 is 0 Å². The van der Waals surface area contributed by atoms with E-state index in [0.29, 0.717) is 17.0 Å². The second kappa shape index (κ2) is 5.41. The van der Waals surface area contributed by atoms with Crippen LogP contribution < -0.4 is 10.7 Å². The molecule has 0 atom stereocenters. The summed E-state index contributed by atoms with van der Waals surface area (Å²) >= 11 is 0. The Labute approximate surface area is 115 Å². The summed E-state index contributed by atoms with van der Waals surface area (Å²) in [5, 5.41) is 11.9. The number of ketones is 1. The molecule has 0 bridgehead atoms. The zero-order valence-electron chi connectivity index (χ0n) is 11.1. The van der Waals surface area contributed by atoms with Gasteiger partial charge in [0.25, 0.3) is 0 Å². The van der Waals surface area contributed by atoms with Crippen molar-refractivity contribution in [1.82, 2.24) is 0 Å². The number of rotatable bonds is 3. The van der Waals surface area contributed by atoms with Gasteiger partial charge in [0.1, 0.15) is 17.4 Å². The first kappa shape index (κ1) is 13.6. The van der Waals surface area contributed by atoms with E-state index < -0.39 is 11.2 Å². The fourth-order valence-electron chi connectivity index (χ4n) is 1.84. The Morgan fingerprint density at radius 1 is 1.35 bits per heavy atom. The van der Waals surface area contributed by atoms with E-state index in [1.807, 2.05) is 6.07 Å². The normalized spacial score (nSPS) is 9.85. The summed E-state index contributed by atoms with van der Waals surface area (Å²) in [5.74, 6) is 0.0535. The Bertz CT molecular complexity index is 769. The fraction of sp³-hybridized carbons (Fsp3) is 0.133. The largest absolute Gasteiger partial charge is 0.445 e. The minimum absolute atomic E-state index is 0.0525. The monoisotopic (exact) mass is 268 g/mol. The van der Waals surface area contributed by atoms with Crippen LogP contribution in [0.3, 0.4) is 0 Å². The third-order valence-electron chi connectivity index (χ3n) is 2.72. The molecule has 0 saturated heterocycles. The van der Waals surface area contributed by atoms with Gasteiger partial charge in [0, 0.05) is 6.07 Å². The van der Waals surface area contributed by atoms with Gasteiger partial charge in [-0.2, -0.15) is 5.26 Å². The lowest BCUT2D eigenvalue weighted by atomic mass is 10.1. The highest BCUT2D eigenvalue weighted by molar-refractivity contribution is 5.98. The average Bonchev–Trinajstić information content (AvgIpc) is 2.38. The molecule has 5 nitrogen and oxygen atoms in total. The number of hydrogen-bond acceptors (Lipinski definition) is 5. The second-order valence-electron chi connectivity index (χ2n) is 4.26. The van der Waals surface area contributed by atoms with Crippen LogP contribution in [0.1, 0.15) is 28.6 Å². The number of hydrogen-bond donors (Lipinski definition) is 1. The van der Waals surface area contributed by atoms with Crippen LogP contribution in [0.4, 0.5) is 11.6 Å². The number of Topliss-reactive ketones (excluding diaryl/α,β-unsaturated/α-hetero) is 1. The molecule has 0 amide bonds. The topological polar surface area (TPSA) is 83.1 Å². The Morgan fingerprint density at radius 2 is 2.05 bits per heavy atom. The minimum atomic E-state index is -0.404. The summed E-state index contributed by atoms with van der Waals surface area (Å²) in [7, 11) is 0. The smallest absolute Gasteiger partial charge is 0.212 e. The molecule has 0 fully saturated rings. The van der Waals surface area contributed by atoms with E-state index >= 15 is 0 Å². The van der Waals surface area contributed by atoms with Gasteiger partial charge in [-0.25, -0.2) is 0 Å². The van der Waals surface area contributed by atoms with E-state index in [0.717, 1.165) is 0 Å². The zero-order valence-corrected chi connectivity index (χ0v) is 11.1. The van der Waals surface area contributed by atoms with E-state index in [-0.39, 0.29) is 11.4 Å². The molecule has 1 N–H and O–H groups in total. The van der Waals surface area contributed by atoms with Crippen molar-refractivity contribution in [3.05, 3.63) is 57.4 Å². The van der Waals surface area contributed by atoms with Crippen molar-refractivity contribution >= 4 is 17.4 Å². The molecule has 0 aliphatic carbocycles. The van der Waals surface area contributed by atoms with Crippen molar-refractivity contribution in [1.29, 1.82) is 5.26 Å². The Kier molecular flexibility index (Phi) is 3.67. The molecule has 0 saturated carbocycles. The molecule has 2 aromatic rings. The predicted molar refractivity (Wildman–Crippen MR) is 74.2 cm³/mol. The number of aryl methyl sites for hydroxylation is 1. The predicted octanol–water partition coefficient (Wildman–Crippen LogP) is 2.77. The molecule has 0 spiro atoms. The summed E-state index contributed by atoms with van der Waals surface area (Å²) in [5.41, 5.74) is 0.416. The summed E-state index contributed by atoms with van der Waals surface area (Å²) < 4.78 is 5.41. The van der Waals surface area contributed by atoms with Gasteiger partial charge in [-0.3, -0.25) is 9.59 Å². The maximum Gasteiger partial charge on any atom is 0.212 e. The van der Waals surface area contributed by atoms with Crippen molar-refractivity contribution in [3.8, 4) is 6.07 Å². The van der Waals surface area contributed by atoms with Crippen LogP contribution in [0.15, 0.2) is 39.5 Å². The molecule has 0 aliphatic heterocycles. The van der Waals surface area contributed by atoms with Crippen molar-refractivity contribution < 1.29 is 9.21 Å². The fourth-order valence-corrected chi connectivity index (χ4v) is 1.84. The molecule has 0 unspecified atom stereocenters. The highest BCUT2D eigenvalue weighted by atomic mass is 16.4. The summed E-state index contributed by atoms with van der Waals surface area (Å²) in [6, 6.07) is 10.1. The van der Waals surface area contributed by atoms with Crippen molar-refractivity contribution in [2.45, 2.75) is 13.8 Å². The number of benzene rings is 1. The maximum atomic E-state index is 11.9. The second-order valence-corrected chi connectivity index (χ2v) is 4.26. The standard InChI is InChI=1S/C15H12N2O3/c1-9-7-13(19)14(10(2)18)15(20-9)17-12-6-4-3-5-11(12)8-16/h3-7,17H,1-2H3. The van der Waals surface area contributed by atoms with E-state index in [4.69, 9.17) is 9.68 Å². The van der Waals surface area contributed by atoms with Crippen molar-refractivity contribution in [3.63, 3.8) is 0 Å².